The van der Waals surface area contributed by atoms with Gasteiger partial charge in [-0.25, -0.2) is 0 Å². The van der Waals surface area contributed by atoms with E-state index in [1.807, 2.05) is 12.1 Å². The number of rotatable bonds is 8. The summed E-state index contributed by atoms with van der Waals surface area (Å²) in [5, 5.41) is 12.8. The first-order valence-corrected chi connectivity index (χ1v) is 11.1. The highest BCUT2D eigenvalue weighted by molar-refractivity contribution is 9.10. The minimum Gasteiger partial charge on any atom is -0.349 e. The summed E-state index contributed by atoms with van der Waals surface area (Å²) in [5.74, 6) is 2.15. The Bertz CT molecular complexity index is 783. The largest absolute Gasteiger partial charge is 0.349 e. The van der Waals surface area contributed by atoms with Crippen LogP contribution in [-0.4, -0.2) is 26.4 Å². The molecular weight excluding hydrogens is 412 g/mol. The summed E-state index contributed by atoms with van der Waals surface area (Å²) in [4.78, 5) is 12.5. The number of amides is 1. The van der Waals surface area contributed by atoms with Crippen molar-refractivity contribution in [3.8, 4) is 0 Å². The first-order chi connectivity index (χ1) is 12.7. The molecule has 1 atom stereocenters. The summed E-state index contributed by atoms with van der Waals surface area (Å²) in [6.45, 7) is 2.09. The van der Waals surface area contributed by atoms with Crippen LogP contribution in [-0.2, 0) is 4.79 Å². The molecule has 0 aliphatic heterocycles. The molecule has 1 N–H and O–H groups in total. The molecule has 1 aromatic carbocycles. The van der Waals surface area contributed by atoms with E-state index in [1.165, 1.54) is 37.4 Å². The molecule has 0 spiro atoms. The number of halogens is 1. The highest BCUT2D eigenvalue weighted by Gasteiger charge is 2.36. The van der Waals surface area contributed by atoms with E-state index in [0.717, 1.165) is 27.4 Å². The van der Waals surface area contributed by atoms with Gasteiger partial charge in [-0.2, -0.15) is 0 Å². The quantitative estimate of drug-likeness (QED) is 0.615. The standard InChI is InChI=1S/C19H23BrN4OS/c1-2-16(12-5-7-14(20)8-6-12)21-17(25)11-26-19-23-22-18(13-3-4-13)24(19)15-9-10-15/h5-8,13,15-16H,2-4,9-11H2,1H3,(H,21,25)/t16-/m1/s1. The predicted molar refractivity (Wildman–Crippen MR) is 106 cm³/mol. The molecule has 2 aliphatic rings. The second-order valence-electron chi connectivity index (χ2n) is 7.08. The van der Waals surface area contributed by atoms with Gasteiger partial charge in [0.2, 0.25) is 5.91 Å². The molecule has 2 fully saturated rings. The zero-order valence-corrected chi connectivity index (χ0v) is 17.2. The van der Waals surface area contributed by atoms with Gasteiger partial charge in [0.05, 0.1) is 11.8 Å². The average molecular weight is 435 g/mol. The third-order valence-corrected chi connectivity index (χ3v) is 6.37. The van der Waals surface area contributed by atoms with Crippen LogP contribution in [0.1, 0.15) is 68.4 Å². The SMILES string of the molecule is CC[C@@H](NC(=O)CSc1nnc(C2CC2)n1C1CC1)c1ccc(Br)cc1. The summed E-state index contributed by atoms with van der Waals surface area (Å²) in [5.41, 5.74) is 1.13. The molecule has 138 valence electrons. The Morgan fingerprint density at radius 1 is 1.27 bits per heavy atom. The molecule has 2 aliphatic carbocycles. The molecule has 0 bridgehead atoms. The van der Waals surface area contributed by atoms with Gasteiger partial charge in [0.1, 0.15) is 5.82 Å². The Kier molecular flexibility index (Phi) is 5.36. The summed E-state index contributed by atoms with van der Waals surface area (Å²) in [6.07, 6.45) is 5.73. The van der Waals surface area contributed by atoms with Gasteiger partial charge in [-0.05, 0) is 49.8 Å². The molecule has 2 saturated carbocycles. The minimum absolute atomic E-state index is 0.0412. The Balaban J connectivity index is 1.37. The number of aromatic nitrogens is 3. The predicted octanol–water partition coefficient (Wildman–Crippen LogP) is 4.61. The normalized spacial score (nSPS) is 17.9. The maximum Gasteiger partial charge on any atom is 0.230 e. The van der Waals surface area contributed by atoms with Crippen LogP contribution in [0, 0.1) is 0 Å². The third kappa shape index (κ3) is 4.14. The second kappa shape index (κ2) is 7.72. The van der Waals surface area contributed by atoms with Gasteiger partial charge < -0.3 is 9.88 Å². The van der Waals surface area contributed by atoms with Crippen LogP contribution >= 0.6 is 27.7 Å². The molecule has 5 nitrogen and oxygen atoms in total. The van der Waals surface area contributed by atoms with Gasteiger partial charge in [0.25, 0.3) is 0 Å². The number of benzene rings is 1. The van der Waals surface area contributed by atoms with Crippen molar-refractivity contribution in [2.45, 2.75) is 62.2 Å². The first kappa shape index (κ1) is 18.0. The van der Waals surface area contributed by atoms with Crippen molar-refractivity contribution < 1.29 is 4.79 Å². The molecule has 0 unspecified atom stereocenters. The fourth-order valence-electron chi connectivity index (χ4n) is 3.16. The second-order valence-corrected chi connectivity index (χ2v) is 8.94. The molecule has 7 heteroatoms. The third-order valence-electron chi connectivity index (χ3n) is 4.89. The number of carbonyl (C=O) groups excluding carboxylic acids is 1. The van der Waals surface area contributed by atoms with Crippen molar-refractivity contribution in [3.05, 3.63) is 40.1 Å². The van der Waals surface area contributed by atoms with Gasteiger partial charge >= 0.3 is 0 Å². The van der Waals surface area contributed by atoms with Gasteiger partial charge in [-0.1, -0.05) is 46.7 Å². The van der Waals surface area contributed by atoms with Crippen LogP contribution in [0.5, 0.6) is 0 Å². The number of hydrogen-bond acceptors (Lipinski definition) is 4. The van der Waals surface area contributed by atoms with Crippen molar-refractivity contribution in [1.29, 1.82) is 0 Å². The number of carbonyl (C=O) groups is 1. The van der Waals surface area contributed by atoms with Gasteiger partial charge in [-0.15, -0.1) is 10.2 Å². The topological polar surface area (TPSA) is 59.8 Å². The monoisotopic (exact) mass is 434 g/mol. The molecule has 1 heterocycles. The Labute approximate surface area is 166 Å². The summed E-state index contributed by atoms with van der Waals surface area (Å²) >= 11 is 4.96. The molecular formula is C19H23BrN4OS. The lowest BCUT2D eigenvalue weighted by Gasteiger charge is -2.17. The van der Waals surface area contributed by atoms with Crippen molar-refractivity contribution in [2.24, 2.45) is 0 Å². The van der Waals surface area contributed by atoms with Crippen LogP contribution in [0.15, 0.2) is 33.9 Å². The van der Waals surface area contributed by atoms with Crippen LogP contribution in [0.4, 0.5) is 0 Å². The lowest BCUT2D eigenvalue weighted by molar-refractivity contribution is -0.119. The first-order valence-electron chi connectivity index (χ1n) is 9.28. The lowest BCUT2D eigenvalue weighted by Crippen LogP contribution is -2.29. The Morgan fingerprint density at radius 2 is 2.00 bits per heavy atom. The smallest absolute Gasteiger partial charge is 0.230 e. The minimum atomic E-state index is 0.0412. The maximum atomic E-state index is 12.5. The molecule has 1 aromatic heterocycles. The molecule has 2 aromatic rings. The molecule has 1 amide bonds. The highest BCUT2D eigenvalue weighted by Crippen LogP contribution is 2.45. The van der Waals surface area contributed by atoms with E-state index in [0.29, 0.717) is 17.7 Å². The van der Waals surface area contributed by atoms with Crippen molar-refractivity contribution >= 4 is 33.6 Å². The number of hydrogen-bond donors (Lipinski definition) is 1. The number of nitrogens with one attached hydrogen (secondary N) is 1. The maximum absolute atomic E-state index is 12.5. The lowest BCUT2D eigenvalue weighted by atomic mass is 10.0. The van der Waals surface area contributed by atoms with Crippen molar-refractivity contribution in [2.75, 3.05) is 5.75 Å². The summed E-state index contributed by atoms with van der Waals surface area (Å²) < 4.78 is 3.34. The fraction of sp³-hybridized carbons (Fsp3) is 0.526. The van der Waals surface area contributed by atoms with E-state index in [1.54, 1.807) is 0 Å². The van der Waals surface area contributed by atoms with E-state index in [-0.39, 0.29) is 11.9 Å². The van der Waals surface area contributed by atoms with E-state index in [2.05, 4.69) is 55.1 Å². The van der Waals surface area contributed by atoms with Crippen molar-refractivity contribution in [1.82, 2.24) is 20.1 Å². The van der Waals surface area contributed by atoms with Crippen LogP contribution in [0.2, 0.25) is 0 Å². The number of nitrogens with zero attached hydrogens (tertiary/aromatic N) is 3. The molecule has 26 heavy (non-hydrogen) atoms. The highest BCUT2D eigenvalue weighted by atomic mass is 79.9. The zero-order chi connectivity index (χ0) is 18.1. The van der Waals surface area contributed by atoms with Gasteiger partial charge in [0, 0.05) is 16.4 Å². The van der Waals surface area contributed by atoms with Crippen molar-refractivity contribution in [3.63, 3.8) is 0 Å². The van der Waals surface area contributed by atoms with Crippen LogP contribution < -0.4 is 5.32 Å². The van der Waals surface area contributed by atoms with Crippen LogP contribution in [0.3, 0.4) is 0 Å². The number of thioether (sulfide) groups is 1. The Hall–Kier alpha value is -1.34. The van der Waals surface area contributed by atoms with Gasteiger partial charge in [-0.3, -0.25) is 4.79 Å². The molecule has 4 rings (SSSR count). The average Bonchev–Trinajstić information content (AvgIpc) is 3.57. The summed E-state index contributed by atoms with van der Waals surface area (Å²) in [6, 6.07) is 8.72. The molecule has 0 saturated heterocycles. The van der Waals surface area contributed by atoms with Crippen LogP contribution in [0.25, 0.3) is 0 Å². The van der Waals surface area contributed by atoms with E-state index >= 15 is 0 Å². The van der Waals surface area contributed by atoms with Gasteiger partial charge in [0.15, 0.2) is 5.16 Å². The zero-order valence-electron chi connectivity index (χ0n) is 14.8. The van der Waals surface area contributed by atoms with E-state index < -0.39 is 0 Å². The van der Waals surface area contributed by atoms with E-state index in [4.69, 9.17) is 0 Å². The van der Waals surface area contributed by atoms with E-state index in [9.17, 15) is 4.79 Å². The summed E-state index contributed by atoms with van der Waals surface area (Å²) in [7, 11) is 0. The Morgan fingerprint density at radius 3 is 2.62 bits per heavy atom. The molecule has 0 radical (unpaired) electrons. The fourth-order valence-corrected chi connectivity index (χ4v) is 4.25.